The molecule has 4 aromatic rings. The summed E-state index contributed by atoms with van der Waals surface area (Å²) in [5.41, 5.74) is 2.04. The summed E-state index contributed by atoms with van der Waals surface area (Å²) in [6, 6.07) is 12.5. The monoisotopic (exact) mass is 377 g/mol. The van der Waals surface area contributed by atoms with Crippen molar-refractivity contribution in [2.75, 3.05) is 24.5 Å². The highest BCUT2D eigenvalue weighted by Crippen LogP contribution is 2.33. The number of fused-ring (bicyclic) bond motifs is 2. The lowest BCUT2D eigenvalue weighted by Gasteiger charge is -2.33. The van der Waals surface area contributed by atoms with E-state index >= 15 is 0 Å². The van der Waals surface area contributed by atoms with E-state index in [2.05, 4.69) is 28.2 Å². The molecule has 1 aromatic carbocycles. The van der Waals surface area contributed by atoms with Crippen LogP contribution in [-0.4, -0.2) is 30.7 Å². The Morgan fingerprint density at radius 3 is 3.00 bits per heavy atom. The molecule has 1 aliphatic rings. The molecule has 136 valence electrons. The molecule has 6 heteroatoms. The molecule has 5 nitrogen and oxygen atoms in total. The summed E-state index contributed by atoms with van der Waals surface area (Å²) >= 11 is 1.58. The first-order chi connectivity index (χ1) is 13.2. The Labute approximate surface area is 160 Å². The summed E-state index contributed by atoms with van der Waals surface area (Å²) in [6.07, 6.45) is 3.59. The number of hydrogen-bond donors (Lipinski definition) is 1. The third-order valence-electron chi connectivity index (χ3n) is 5.04. The number of rotatable bonds is 2. The van der Waals surface area contributed by atoms with Crippen molar-refractivity contribution in [3.8, 4) is 10.4 Å². The van der Waals surface area contributed by atoms with Gasteiger partial charge in [-0.25, -0.2) is 4.79 Å². The predicted molar refractivity (Wildman–Crippen MR) is 111 cm³/mol. The fourth-order valence-corrected chi connectivity index (χ4v) is 4.69. The van der Waals surface area contributed by atoms with Crippen LogP contribution in [0.3, 0.4) is 0 Å². The lowest BCUT2D eigenvalue weighted by Crippen LogP contribution is -2.49. The summed E-state index contributed by atoms with van der Waals surface area (Å²) in [5.74, 6) is 0. The lowest BCUT2D eigenvalue weighted by molar-refractivity contribution is 0.484. The Morgan fingerprint density at radius 1 is 1.22 bits per heavy atom. The molecular weight excluding hydrogens is 358 g/mol. The van der Waals surface area contributed by atoms with Gasteiger partial charge in [-0.15, -0.1) is 11.3 Å². The number of nitrogens with one attached hydrogen (secondary N) is 1. The minimum absolute atomic E-state index is 0.298. The number of hydrogen-bond acceptors (Lipinski definition) is 6. The number of pyridine rings is 1. The highest BCUT2D eigenvalue weighted by molar-refractivity contribution is 7.22. The fraction of sp³-hybridized carbons (Fsp3) is 0.238. The quantitative estimate of drug-likeness (QED) is 0.538. The summed E-state index contributed by atoms with van der Waals surface area (Å²) in [7, 11) is 0. The SMILES string of the molecule is CC1CN(c2ccc3cc(-c4cc5cnccc5s4)c(=O)oc3c2)CCN1. The maximum absolute atomic E-state index is 12.7. The van der Waals surface area contributed by atoms with Crippen molar-refractivity contribution < 1.29 is 4.42 Å². The molecule has 1 aliphatic heterocycles. The Hall–Kier alpha value is -2.70. The van der Waals surface area contributed by atoms with Crippen LogP contribution in [0.4, 0.5) is 5.69 Å². The second kappa shape index (κ2) is 6.48. The molecule has 0 spiro atoms. The first kappa shape index (κ1) is 16.5. The molecule has 27 heavy (non-hydrogen) atoms. The molecule has 1 atom stereocenters. The molecule has 0 amide bonds. The highest BCUT2D eigenvalue weighted by atomic mass is 32.1. The molecule has 1 saturated heterocycles. The van der Waals surface area contributed by atoms with E-state index in [9.17, 15) is 4.79 Å². The van der Waals surface area contributed by atoms with Gasteiger partial charge < -0.3 is 14.6 Å². The second-order valence-corrected chi connectivity index (χ2v) is 8.08. The standard InChI is InChI=1S/C21H19N3O2S/c1-13-12-24(7-6-23-13)16-3-2-14-8-17(21(25)26-18(14)10-16)20-9-15-11-22-5-4-19(15)27-20/h2-5,8-11,13,23H,6-7,12H2,1H3. The zero-order valence-corrected chi connectivity index (χ0v) is 15.8. The average molecular weight is 377 g/mol. The molecule has 1 N–H and O–H groups in total. The molecule has 4 heterocycles. The van der Waals surface area contributed by atoms with Crippen molar-refractivity contribution in [1.29, 1.82) is 0 Å². The number of thiophene rings is 1. The molecule has 0 saturated carbocycles. The Bertz CT molecular complexity index is 1160. The van der Waals surface area contributed by atoms with Gasteiger partial charge in [0.05, 0.1) is 5.56 Å². The van der Waals surface area contributed by atoms with Gasteiger partial charge in [-0.3, -0.25) is 4.98 Å². The van der Waals surface area contributed by atoms with Gasteiger partial charge in [0.1, 0.15) is 5.58 Å². The number of piperazine rings is 1. The van der Waals surface area contributed by atoms with Crippen LogP contribution in [0.5, 0.6) is 0 Å². The average Bonchev–Trinajstić information content (AvgIpc) is 3.11. The topological polar surface area (TPSA) is 58.4 Å². The van der Waals surface area contributed by atoms with Gasteiger partial charge >= 0.3 is 5.63 Å². The lowest BCUT2D eigenvalue weighted by atomic mass is 10.1. The summed E-state index contributed by atoms with van der Waals surface area (Å²) < 4.78 is 6.81. The summed E-state index contributed by atoms with van der Waals surface area (Å²) in [6.45, 7) is 5.04. The third-order valence-corrected chi connectivity index (χ3v) is 6.18. The van der Waals surface area contributed by atoms with Crippen molar-refractivity contribution in [3.05, 3.63) is 59.2 Å². The maximum atomic E-state index is 12.7. The minimum Gasteiger partial charge on any atom is -0.422 e. The van der Waals surface area contributed by atoms with E-state index in [1.54, 1.807) is 17.5 Å². The van der Waals surface area contributed by atoms with E-state index in [4.69, 9.17) is 4.42 Å². The molecule has 5 rings (SSSR count). The van der Waals surface area contributed by atoms with Crippen LogP contribution >= 0.6 is 11.3 Å². The molecule has 0 aliphatic carbocycles. The van der Waals surface area contributed by atoms with Crippen molar-refractivity contribution in [3.63, 3.8) is 0 Å². The molecule has 0 radical (unpaired) electrons. The molecular formula is C21H19N3O2S. The zero-order valence-electron chi connectivity index (χ0n) is 14.9. The summed E-state index contributed by atoms with van der Waals surface area (Å²) in [5, 5.41) is 5.43. The van der Waals surface area contributed by atoms with Gasteiger partial charge in [-0.1, -0.05) is 0 Å². The van der Waals surface area contributed by atoms with Crippen LogP contribution in [0.15, 0.2) is 58.0 Å². The van der Waals surface area contributed by atoms with Crippen LogP contribution < -0.4 is 15.8 Å². The Morgan fingerprint density at radius 2 is 2.15 bits per heavy atom. The van der Waals surface area contributed by atoms with Gasteiger partial charge in [0, 0.05) is 70.2 Å². The number of benzene rings is 1. The van der Waals surface area contributed by atoms with E-state index in [1.807, 2.05) is 36.5 Å². The predicted octanol–water partition coefficient (Wildman–Crippen LogP) is 3.87. The fourth-order valence-electron chi connectivity index (χ4n) is 3.65. The minimum atomic E-state index is -0.298. The van der Waals surface area contributed by atoms with E-state index < -0.39 is 0 Å². The van der Waals surface area contributed by atoms with Crippen molar-refractivity contribution in [1.82, 2.24) is 10.3 Å². The summed E-state index contributed by atoms with van der Waals surface area (Å²) in [4.78, 5) is 20.0. The third kappa shape index (κ3) is 3.01. The first-order valence-electron chi connectivity index (χ1n) is 9.07. The Kier molecular flexibility index (Phi) is 3.95. The van der Waals surface area contributed by atoms with Crippen molar-refractivity contribution in [2.24, 2.45) is 0 Å². The van der Waals surface area contributed by atoms with E-state index in [1.165, 1.54) is 0 Å². The molecule has 0 bridgehead atoms. The van der Waals surface area contributed by atoms with Crippen LogP contribution in [0.25, 0.3) is 31.5 Å². The largest absolute Gasteiger partial charge is 0.422 e. The number of nitrogens with zero attached hydrogens (tertiary/aromatic N) is 2. The molecule has 1 unspecified atom stereocenters. The molecule has 3 aromatic heterocycles. The van der Waals surface area contributed by atoms with Gasteiger partial charge in [0.25, 0.3) is 0 Å². The van der Waals surface area contributed by atoms with Gasteiger partial charge in [0.2, 0.25) is 0 Å². The molecule has 1 fully saturated rings. The van der Waals surface area contributed by atoms with E-state index in [-0.39, 0.29) is 5.63 Å². The van der Waals surface area contributed by atoms with E-state index in [0.29, 0.717) is 17.2 Å². The van der Waals surface area contributed by atoms with Crippen LogP contribution in [0.1, 0.15) is 6.92 Å². The number of aromatic nitrogens is 1. The Balaban J connectivity index is 1.57. The maximum Gasteiger partial charge on any atom is 0.345 e. The zero-order chi connectivity index (χ0) is 18.4. The van der Waals surface area contributed by atoms with Gasteiger partial charge in [0.15, 0.2) is 0 Å². The van der Waals surface area contributed by atoms with Crippen LogP contribution in [0.2, 0.25) is 0 Å². The second-order valence-electron chi connectivity index (χ2n) is 7.00. The van der Waals surface area contributed by atoms with Crippen molar-refractivity contribution in [2.45, 2.75) is 13.0 Å². The first-order valence-corrected chi connectivity index (χ1v) is 9.89. The number of anilines is 1. The smallest absolute Gasteiger partial charge is 0.345 e. The van der Waals surface area contributed by atoms with Crippen LogP contribution in [0, 0.1) is 0 Å². The normalized spacial score (nSPS) is 17.7. The van der Waals surface area contributed by atoms with Gasteiger partial charge in [-0.2, -0.15) is 0 Å². The van der Waals surface area contributed by atoms with Crippen molar-refractivity contribution >= 4 is 38.1 Å². The highest BCUT2D eigenvalue weighted by Gasteiger charge is 2.17. The van der Waals surface area contributed by atoms with Gasteiger partial charge in [-0.05, 0) is 37.3 Å². The van der Waals surface area contributed by atoms with Crippen LogP contribution in [-0.2, 0) is 0 Å². The van der Waals surface area contributed by atoms with E-state index in [0.717, 1.165) is 45.7 Å².